The molecule has 25 heavy (non-hydrogen) atoms. The molecule has 0 aliphatic carbocycles. The number of carbonyl (C=O) groups excluding carboxylic acids is 2. The molecule has 0 bridgehead atoms. The molecule has 2 rings (SSSR count). The Morgan fingerprint density at radius 2 is 2.20 bits per heavy atom. The lowest BCUT2D eigenvalue weighted by atomic mass is 10.1. The summed E-state index contributed by atoms with van der Waals surface area (Å²) in [5.41, 5.74) is 0.998. The average Bonchev–Trinajstić information content (AvgIpc) is 2.79. The van der Waals surface area contributed by atoms with Crippen LogP contribution in [0.3, 0.4) is 0 Å². The van der Waals surface area contributed by atoms with E-state index in [1.165, 1.54) is 16.9 Å². The van der Waals surface area contributed by atoms with E-state index < -0.39 is 5.97 Å². The van der Waals surface area contributed by atoms with E-state index >= 15 is 0 Å². The Kier molecular flexibility index (Phi) is 6.02. The summed E-state index contributed by atoms with van der Waals surface area (Å²) in [7, 11) is 2.90. The van der Waals surface area contributed by atoms with Crippen LogP contribution in [-0.2, 0) is 14.3 Å². The van der Waals surface area contributed by atoms with E-state index in [1.54, 1.807) is 31.3 Å². The summed E-state index contributed by atoms with van der Waals surface area (Å²) in [5, 5.41) is 0.591. The van der Waals surface area contributed by atoms with Crippen LogP contribution >= 0.6 is 23.8 Å². The standard InChI is InChI=1S/C17H15ClN2O4S/c1-4-7-24-14-6-5-11(8-12(14)18)9-13-16(22)20(10-15(21)23-3)17(25)19(13)2/h1,5-6,8-9H,7,10H2,2-3H3/b13-9-. The third-order valence-corrected chi connectivity index (χ3v) is 4.22. The molecule has 6 nitrogen and oxygen atoms in total. The van der Waals surface area contributed by atoms with Gasteiger partial charge in [0.15, 0.2) is 5.11 Å². The van der Waals surface area contributed by atoms with Crippen molar-refractivity contribution < 1.29 is 19.1 Å². The van der Waals surface area contributed by atoms with Gasteiger partial charge in [-0.25, -0.2) is 0 Å². The maximum atomic E-state index is 12.5. The number of ether oxygens (including phenoxy) is 2. The third kappa shape index (κ3) is 4.10. The van der Waals surface area contributed by atoms with Gasteiger partial charge in [0, 0.05) is 7.05 Å². The zero-order valence-electron chi connectivity index (χ0n) is 13.6. The van der Waals surface area contributed by atoms with E-state index in [1.807, 2.05) is 0 Å². The molecule has 130 valence electrons. The van der Waals surface area contributed by atoms with Crippen molar-refractivity contribution in [1.29, 1.82) is 0 Å². The first-order chi connectivity index (χ1) is 11.9. The van der Waals surface area contributed by atoms with Gasteiger partial charge in [0.2, 0.25) is 0 Å². The highest BCUT2D eigenvalue weighted by Crippen LogP contribution is 2.28. The maximum absolute atomic E-state index is 12.5. The van der Waals surface area contributed by atoms with Gasteiger partial charge in [-0.3, -0.25) is 14.5 Å². The smallest absolute Gasteiger partial charge is 0.325 e. The highest BCUT2D eigenvalue weighted by Gasteiger charge is 2.36. The molecule has 1 aromatic rings. The lowest BCUT2D eigenvalue weighted by molar-refractivity contribution is -0.143. The van der Waals surface area contributed by atoms with Crippen molar-refractivity contribution >= 4 is 46.9 Å². The number of amides is 1. The number of nitrogens with zero attached hydrogens (tertiary/aromatic N) is 2. The molecule has 1 amide bonds. The minimum atomic E-state index is -0.552. The Hall–Kier alpha value is -2.56. The number of likely N-dealkylation sites (N-methyl/N-ethyl adjacent to an activating group) is 1. The zero-order chi connectivity index (χ0) is 18.6. The van der Waals surface area contributed by atoms with Gasteiger partial charge in [-0.15, -0.1) is 6.42 Å². The van der Waals surface area contributed by atoms with Crippen LogP contribution in [0.1, 0.15) is 5.56 Å². The normalized spacial score (nSPS) is 15.5. The fourth-order valence-electron chi connectivity index (χ4n) is 2.15. The SMILES string of the molecule is C#CCOc1ccc(/C=C2/C(=O)N(CC(=O)OC)C(=S)N2C)cc1Cl. The largest absolute Gasteiger partial charge is 0.479 e. The second-order valence-electron chi connectivity index (χ2n) is 5.02. The van der Waals surface area contributed by atoms with E-state index in [4.69, 9.17) is 35.0 Å². The molecular formula is C17H15ClN2O4S. The Morgan fingerprint density at radius 3 is 2.80 bits per heavy atom. The van der Waals surface area contributed by atoms with Crippen LogP contribution in [0.25, 0.3) is 6.08 Å². The monoisotopic (exact) mass is 378 g/mol. The first kappa shape index (κ1) is 18.8. The van der Waals surface area contributed by atoms with Crippen molar-refractivity contribution in [2.45, 2.75) is 0 Å². The second kappa shape index (κ2) is 8.01. The zero-order valence-corrected chi connectivity index (χ0v) is 15.2. The van der Waals surface area contributed by atoms with Crippen molar-refractivity contribution in [3.05, 3.63) is 34.5 Å². The summed E-state index contributed by atoms with van der Waals surface area (Å²) >= 11 is 11.4. The molecule has 1 aliphatic heterocycles. The number of methoxy groups -OCH3 is 1. The molecule has 1 fully saturated rings. The molecule has 8 heteroatoms. The van der Waals surface area contributed by atoms with Crippen molar-refractivity contribution in [1.82, 2.24) is 9.80 Å². The predicted molar refractivity (Wildman–Crippen MR) is 97.8 cm³/mol. The second-order valence-corrected chi connectivity index (χ2v) is 5.79. The first-order valence-corrected chi connectivity index (χ1v) is 7.91. The number of carbonyl (C=O) groups is 2. The van der Waals surface area contributed by atoms with Crippen molar-refractivity contribution in [3.8, 4) is 18.1 Å². The van der Waals surface area contributed by atoms with Crippen LogP contribution in [0.2, 0.25) is 5.02 Å². The summed E-state index contributed by atoms with van der Waals surface area (Å²) in [6.45, 7) is -0.131. The number of benzene rings is 1. The average molecular weight is 379 g/mol. The quantitative estimate of drug-likeness (QED) is 0.338. The molecule has 1 aromatic carbocycles. The molecule has 0 aromatic heterocycles. The minimum absolute atomic E-state index is 0.109. The fourth-order valence-corrected chi connectivity index (χ4v) is 2.63. The number of terminal acetylenes is 1. The maximum Gasteiger partial charge on any atom is 0.325 e. The van der Waals surface area contributed by atoms with Crippen molar-refractivity contribution in [2.24, 2.45) is 0 Å². The van der Waals surface area contributed by atoms with E-state index in [2.05, 4.69) is 10.7 Å². The Bertz CT molecular complexity index is 800. The molecule has 0 atom stereocenters. The topological polar surface area (TPSA) is 59.1 Å². The summed E-state index contributed by atoms with van der Waals surface area (Å²) in [6, 6.07) is 5.04. The lowest BCUT2D eigenvalue weighted by Crippen LogP contribution is -2.36. The van der Waals surface area contributed by atoms with Gasteiger partial charge in [-0.1, -0.05) is 23.6 Å². The van der Waals surface area contributed by atoms with Crippen LogP contribution in [0.15, 0.2) is 23.9 Å². The van der Waals surface area contributed by atoms with Gasteiger partial charge < -0.3 is 14.4 Å². The number of esters is 1. The Morgan fingerprint density at radius 1 is 1.48 bits per heavy atom. The summed E-state index contributed by atoms with van der Waals surface area (Å²) < 4.78 is 9.88. The first-order valence-electron chi connectivity index (χ1n) is 7.13. The van der Waals surface area contributed by atoms with Crippen molar-refractivity contribution in [2.75, 3.05) is 27.3 Å². The lowest BCUT2D eigenvalue weighted by Gasteiger charge is -2.14. The van der Waals surface area contributed by atoms with Gasteiger partial charge in [0.1, 0.15) is 24.6 Å². The molecule has 1 aliphatic rings. The van der Waals surface area contributed by atoms with Gasteiger partial charge >= 0.3 is 5.97 Å². The van der Waals surface area contributed by atoms with E-state index in [0.717, 1.165) is 0 Å². The molecule has 0 N–H and O–H groups in total. The summed E-state index contributed by atoms with van der Waals surface area (Å²) in [6.07, 6.45) is 6.77. The van der Waals surface area contributed by atoms with Crippen LogP contribution in [0.4, 0.5) is 0 Å². The van der Waals surface area contributed by atoms with Gasteiger partial charge in [0.05, 0.1) is 12.1 Å². The number of halogens is 1. The van der Waals surface area contributed by atoms with Gasteiger partial charge in [0.25, 0.3) is 5.91 Å². The number of thiocarbonyl (C=S) groups is 1. The molecule has 1 saturated heterocycles. The summed E-state index contributed by atoms with van der Waals surface area (Å²) in [5.74, 6) is 1.87. The number of hydrogen-bond acceptors (Lipinski definition) is 5. The van der Waals surface area contributed by atoms with Gasteiger partial charge in [-0.2, -0.15) is 0 Å². The van der Waals surface area contributed by atoms with Crippen LogP contribution in [-0.4, -0.2) is 54.1 Å². The number of hydrogen-bond donors (Lipinski definition) is 0. The molecular weight excluding hydrogens is 364 g/mol. The Labute approximate surface area is 155 Å². The summed E-state index contributed by atoms with van der Waals surface area (Å²) in [4.78, 5) is 26.7. The highest BCUT2D eigenvalue weighted by atomic mass is 35.5. The Balaban J connectivity index is 2.27. The predicted octanol–water partition coefficient (Wildman–Crippen LogP) is 1.92. The van der Waals surface area contributed by atoms with Crippen LogP contribution in [0, 0.1) is 12.3 Å². The molecule has 0 unspecified atom stereocenters. The molecule has 1 heterocycles. The van der Waals surface area contributed by atoms with Crippen LogP contribution in [0.5, 0.6) is 5.75 Å². The molecule has 0 radical (unpaired) electrons. The van der Waals surface area contributed by atoms with E-state index in [9.17, 15) is 9.59 Å². The fraction of sp³-hybridized carbons (Fsp3) is 0.235. The number of rotatable bonds is 5. The van der Waals surface area contributed by atoms with E-state index in [0.29, 0.717) is 22.0 Å². The minimum Gasteiger partial charge on any atom is -0.479 e. The van der Waals surface area contributed by atoms with Crippen LogP contribution < -0.4 is 4.74 Å². The third-order valence-electron chi connectivity index (χ3n) is 3.43. The molecule has 0 saturated carbocycles. The van der Waals surface area contributed by atoms with E-state index in [-0.39, 0.29) is 24.2 Å². The molecule has 0 spiro atoms. The highest BCUT2D eigenvalue weighted by molar-refractivity contribution is 7.80. The van der Waals surface area contributed by atoms with Gasteiger partial charge in [-0.05, 0) is 36.0 Å². The van der Waals surface area contributed by atoms with Crippen molar-refractivity contribution in [3.63, 3.8) is 0 Å².